The van der Waals surface area contributed by atoms with Crippen LogP contribution in [0, 0.1) is 11.3 Å². The van der Waals surface area contributed by atoms with Crippen LogP contribution in [0.4, 0.5) is 4.79 Å². The number of benzene rings is 1. The minimum Gasteiger partial charge on any atom is -0.444 e. The molecule has 1 aromatic carbocycles. The normalized spacial score (nSPS) is 19.0. The summed E-state index contributed by atoms with van der Waals surface area (Å²) in [5.41, 5.74) is 1.27. The number of rotatable bonds is 3. The van der Waals surface area contributed by atoms with Crippen LogP contribution in [0.2, 0.25) is 0 Å². The van der Waals surface area contributed by atoms with Gasteiger partial charge in [-0.25, -0.2) is 4.79 Å². The molecular formula is C18H25N3O2. The SMILES string of the molecule is CC(C)(C)OC(=O)N[C@@H]1CCCN(Cc2ccccc2C#N)C1. The topological polar surface area (TPSA) is 65.4 Å². The summed E-state index contributed by atoms with van der Waals surface area (Å²) < 4.78 is 5.32. The molecule has 2 rings (SSSR count). The lowest BCUT2D eigenvalue weighted by atomic mass is 10.0. The van der Waals surface area contributed by atoms with E-state index in [0.29, 0.717) is 0 Å². The molecule has 1 amide bonds. The number of carbonyl (C=O) groups is 1. The first kappa shape index (κ1) is 17.3. The molecule has 1 aliphatic rings. The second-order valence-corrected chi connectivity index (χ2v) is 6.99. The van der Waals surface area contributed by atoms with Gasteiger partial charge in [0.15, 0.2) is 0 Å². The van der Waals surface area contributed by atoms with Gasteiger partial charge in [-0.2, -0.15) is 5.26 Å². The summed E-state index contributed by atoms with van der Waals surface area (Å²) in [5.74, 6) is 0. The molecule has 1 aliphatic heterocycles. The number of amides is 1. The molecule has 1 aromatic rings. The minimum atomic E-state index is -0.482. The molecule has 5 nitrogen and oxygen atoms in total. The fraction of sp³-hybridized carbons (Fsp3) is 0.556. The molecule has 1 N–H and O–H groups in total. The first-order valence-corrected chi connectivity index (χ1v) is 8.07. The number of nitriles is 1. The third kappa shape index (κ3) is 5.57. The Bertz CT molecular complexity index is 587. The summed E-state index contributed by atoms with van der Waals surface area (Å²) in [4.78, 5) is 14.2. The summed E-state index contributed by atoms with van der Waals surface area (Å²) >= 11 is 0. The Labute approximate surface area is 138 Å². The number of hydrogen-bond donors (Lipinski definition) is 1. The third-order valence-corrected chi connectivity index (χ3v) is 3.76. The van der Waals surface area contributed by atoms with Crippen molar-refractivity contribution in [3.63, 3.8) is 0 Å². The van der Waals surface area contributed by atoms with E-state index in [0.717, 1.165) is 43.6 Å². The highest BCUT2D eigenvalue weighted by molar-refractivity contribution is 5.68. The van der Waals surface area contributed by atoms with Gasteiger partial charge in [-0.05, 0) is 51.8 Å². The highest BCUT2D eigenvalue weighted by Gasteiger charge is 2.24. The summed E-state index contributed by atoms with van der Waals surface area (Å²) in [5, 5.41) is 12.1. The lowest BCUT2D eigenvalue weighted by Crippen LogP contribution is -2.48. The maximum atomic E-state index is 11.9. The number of hydrogen-bond acceptors (Lipinski definition) is 4. The molecule has 0 aromatic heterocycles. The van der Waals surface area contributed by atoms with Gasteiger partial charge in [0.2, 0.25) is 0 Å². The zero-order valence-electron chi connectivity index (χ0n) is 14.1. The highest BCUT2D eigenvalue weighted by atomic mass is 16.6. The van der Waals surface area contributed by atoms with Crippen LogP contribution in [0.25, 0.3) is 0 Å². The van der Waals surface area contributed by atoms with Crippen LogP contribution in [0.15, 0.2) is 24.3 Å². The molecule has 124 valence electrons. The van der Waals surface area contributed by atoms with Crippen molar-refractivity contribution in [1.29, 1.82) is 5.26 Å². The highest BCUT2D eigenvalue weighted by Crippen LogP contribution is 2.17. The third-order valence-electron chi connectivity index (χ3n) is 3.76. The van der Waals surface area contributed by atoms with Gasteiger partial charge in [0.1, 0.15) is 5.60 Å². The van der Waals surface area contributed by atoms with E-state index in [1.54, 1.807) is 0 Å². The van der Waals surface area contributed by atoms with Gasteiger partial charge in [-0.3, -0.25) is 4.90 Å². The maximum absolute atomic E-state index is 11.9. The van der Waals surface area contributed by atoms with Crippen molar-refractivity contribution in [1.82, 2.24) is 10.2 Å². The van der Waals surface area contributed by atoms with Crippen LogP contribution in [0.1, 0.15) is 44.7 Å². The van der Waals surface area contributed by atoms with E-state index in [4.69, 9.17) is 4.74 Å². The van der Waals surface area contributed by atoms with Crippen LogP contribution in [0.3, 0.4) is 0 Å². The quantitative estimate of drug-likeness (QED) is 0.931. The molecule has 0 spiro atoms. The van der Waals surface area contributed by atoms with Crippen molar-refractivity contribution < 1.29 is 9.53 Å². The van der Waals surface area contributed by atoms with Crippen LogP contribution in [-0.2, 0) is 11.3 Å². The molecule has 1 heterocycles. The number of carbonyl (C=O) groups excluding carboxylic acids is 1. The van der Waals surface area contributed by atoms with E-state index in [2.05, 4.69) is 16.3 Å². The minimum absolute atomic E-state index is 0.0906. The van der Waals surface area contributed by atoms with Crippen molar-refractivity contribution in [2.45, 2.75) is 51.8 Å². The molecule has 1 fully saturated rings. The molecule has 5 heteroatoms. The van der Waals surface area contributed by atoms with E-state index in [-0.39, 0.29) is 12.1 Å². The predicted octanol–water partition coefficient (Wildman–Crippen LogP) is 3.05. The molecular weight excluding hydrogens is 290 g/mol. The molecule has 0 radical (unpaired) electrons. The Balaban J connectivity index is 1.91. The lowest BCUT2D eigenvalue weighted by molar-refractivity contribution is 0.0470. The van der Waals surface area contributed by atoms with Gasteiger partial charge in [-0.1, -0.05) is 18.2 Å². The van der Waals surface area contributed by atoms with Gasteiger partial charge in [-0.15, -0.1) is 0 Å². The summed E-state index contributed by atoms with van der Waals surface area (Å²) in [6.45, 7) is 8.07. The van der Waals surface area contributed by atoms with E-state index in [1.807, 2.05) is 45.0 Å². The summed E-state index contributed by atoms with van der Waals surface area (Å²) in [6.07, 6.45) is 1.62. The second kappa shape index (κ2) is 7.47. The first-order chi connectivity index (χ1) is 10.9. The number of ether oxygens (including phenoxy) is 1. The molecule has 1 atom stereocenters. The zero-order valence-corrected chi connectivity index (χ0v) is 14.1. The second-order valence-electron chi connectivity index (χ2n) is 6.99. The smallest absolute Gasteiger partial charge is 0.407 e. The Morgan fingerprint density at radius 1 is 1.43 bits per heavy atom. The van der Waals surface area contributed by atoms with E-state index in [1.165, 1.54) is 0 Å². The predicted molar refractivity (Wildman–Crippen MR) is 88.8 cm³/mol. The monoisotopic (exact) mass is 315 g/mol. The van der Waals surface area contributed by atoms with Crippen LogP contribution in [-0.4, -0.2) is 35.7 Å². The van der Waals surface area contributed by atoms with Crippen LogP contribution >= 0.6 is 0 Å². The number of nitrogens with zero attached hydrogens (tertiary/aromatic N) is 2. The van der Waals surface area contributed by atoms with E-state index >= 15 is 0 Å². The van der Waals surface area contributed by atoms with Crippen molar-refractivity contribution in [3.8, 4) is 6.07 Å². The summed E-state index contributed by atoms with van der Waals surface area (Å²) in [7, 11) is 0. The Morgan fingerprint density at radius 3 is 2.87 bits per heavy atom. The average Bonchev–Trinajstić information content (AvgIpc) is 2.46. The van der Waals surface area contributed by atoms with Gasteiger partial charge >= 0.3 is 6.09 Å². The van der Waals surface area contributed by atoms with Crippen LogP contribution in [0.5, 0.6) is 0 Å². The number of nitrogens with one attached hydrogen (secondary N) is 1. The Kier molecular flexibility index (Phi) is 5.62. The lowest BCUT2D eigenvalue weighted by Gasteiger charge is -2.33. The largest absolute Gasteiger partial charge is 0.444 e. The molecule has 0 bridgehead atoms. The fourth-order valence-electron chi connectivity index (χ4n) is 2.80. The van der Waals surface area contributed by atoms with Crippen molar-refractivity contribution in [2.75, 3.05) is 13.1 Å². The number of alkyl carbamates (subject to hydrolysis) is 1. The van der Waals surface area contributed by atoms with Crippen molar-refractivity contribution in [3.05, 3.63) is 35.4 Å². The molecule has 0 saturated carbocycles. The molecule has 23 heavy (non-hydrogen) atoms. The van der Waals surface area contributed by atoms with Gasteiger partial charge < -0.3 is 10.1 Å². The van der Waals surface area contributed by atoms with Gasteiger partial charge in [0.25, 0.3) is 0 Å². The standard InChI is InChI=1S/C18H25N3O2/c1-18(2,3)23-17(22)20-16-9-6-10-21(13-16)12-15-8-5-4-7-14(15)11-19/h4-5,7-8,16H,6,9-10,12-13H2,1-3H3,(H,20,22)/t16-/m1/s1. The Hall–Kier alpha value is -2.06. The van der Waals surface area contributed by atoms with E-state index < -0.39 is 5.60 Å². The fourth-order valence-corrected chi connectivity index (χ4v) is 2.80. The van der Waals surface area contributed by atoms with Crippen molar-refractivity contribution >= 4 is 6.09 Å². The first-order valence-electron chi connectivity index (χ1n) is 8.07. The molecule has 0 unspecified atom stereocenters. The van der Waals surface area contributed by atoms with E-state index in [9.17, 15) is 10.1 Å². The maximum Gasteiger partial charge on any atom is 0.407 e. The average molecular weight is 315 g/mol. The van der Waals surface area contributed by atoms with Gasteiger partial charge in [0.05, 0.1) is 11.6 Å². The Morgan fingerprint density at radius 2 is 2.17 bits per heavy atom. The number of piperidine rings is 1. The molecule has 1 saturated heterocycles. The molecule has 0 aliphatic carbocycles. The summed E-state index contributed by atoms with van der Waals surface area (Å²) in [6, 6.07) is 10.00. The van der Waals surface area contributed by atoms with Crippen molar-refractivity contribution in [2.24, 2.45) is 0 Å². The van der Waals surface area contributed by atoms with Crippen LogP contribution < -0.4 is 5.32 Å². The zero-order chi connectivity index (χ0) is 16.9. The van der Waals surface area contributed by atoms with Gasteiger partial charge in [0, 0.05) is 19.1 Å². The number of likely N-dealkylation sites (tertiary alicyclic amines) is 1.